The lowest BCUT2D eigenvalue weighted by molar-refractivity contribution is -0.134. The average molecular weight is 372 g/mol. The minimum Gasteiger partial charge on any atom is -0.486 e. The van der Waals surface area contributed by atoms with Crippen molar-refractivity contribution in [2.45, 2.75) is 19.4 Å². The van der Waals surface area contributed by atoms with Crippen molar-refractivity contribution in [3.05, 3.63) is 60.8 Å². The number of nitrogens with zero attached hydrogens (tertiary/aromatic N) is 1. The van der Waals surface area contributed by atoms with Crippen LogP contribution >= 0.6 is 0 Å². The van der Waals surface area contributed by atoms with Crippen LogP contribution in [0.3, 0.4) is 0 Å². The maximum Gasteiger partial charge on any atom is 0.328 e. The van der Waals surface area contributed by atoms with E-state index in [0.29, 0.717) is 12.2 Å². The van der Waals surface area contributed by atoms with E-state index in [1.165, 1.54) is 0 Å². The van der Waals surface area contributed by atoms with Crippen LogP contribution in [-0.2, 0) is 9.59 Å². The summed E-state index contributed by atoms with van der Waals surface area (Å²) in [5.41, 5.74) is 0.966. The van der Waals surface area contributed by atoms with E-state index in [-0.39, 0.29) is 6.10 Å². The van der Waals surface area contributed by atoms with Crippen LogP contribution in [0.2, 0.25) is 0 Å². The number of pyridine rings is 1. The summed E-state index contributed by atoms with van der Waals surface area (Å²) in [6.45, 7) is 2.94. The van der Waals surface area contributed by atoms with Crippen LogP contribution in [0.4, 0.5) is 0 Å². The summed E-state index contributed by atoms with van der Waals surface area (Å²) in [5.74, 6) is -1.62. The quantitative estimate of drug-likeness (QED) is 0.483. The third-order valence-corrected chi connectivity index (χ3v) is 3.34. The summed E-state index contributed by atoms with van der Waals surface area (Å²) < 4.78 is 6.10. The molecule has 3 N–H and O–H groups in total. The zero-order chi connectivity index (χ0) is 20.1. The number of rotatable bonds is 8. The number of para-hydroxylation sites is 1. The van der Waals surface area contributed by atoms with Gasteiger partial charge in [0.05, 0.1) is 5.52 Å². The van der Waals surface area contributed by atoms with Crippen molar-refractivity contribution in [1.29, 1.82) is 0 Å². The van der Waals surface area contributed by atoms with Crippen molar-refractivity contribution in [3.8, 4) is 5.75 Å². The van der Waals surface area contributed by atoms with Gasteiger partial charge in [0, 0.05) is 30.2 Å². The molecule has 27 heavy (non-hydrogen) atoms. The van der Waals surface area contributed by atoms with E-state index in [0.717, 1.165) is 29.6 Å². The van der Waals surface area contributed by atoms with Crippen LogP contribution in [0.5, 0.6) is 5.75 Å². The van der Waals surface area contributed by atoms with Gasteiger partial charge in [-0.15, -0.1) is 0 Å². The molecule has 0 aliphatic heterocycles. The average Bonchev–Trinajstić information content (AvgIpc) is 2.65. The molecule has 0 aliphatic rings. The van der Waals surface area contributed by atoms with Gasteiger partial charge in [-0.05, 0) is 44.8 Å². The predicted octanol–water partition coefficient (Wildman–Crippen LogP) is 2.88. The molecule has 0 radical (unpaired) electrons. The molecule has 1 aromatic carbocycles. The first kappa shape index (κ1) is 21.9. The largest absolute Gasteiger partial charge is 0.486 e. The van der Waals surface area contributed by atoms with Crippen LogP contribution in [0.25, 0.3) is 10.9 Å². The van der Waals surface area contributed by atoms with Gasteiger partial charge in [-0.1, -0.05) is 18.2 Å². The van der Waals surface area contributed by atoms with Gasteiger partial charge in [0.2, 0.25) is 0 Å². The molecular formula is C20H24N2O5. The number of aromatic nitrogens is 1. The fraction of sp³-hybridized carbons (Fsp3) is 0.250. The lowest BCUT2D eigenvalue weighted by Gasteiger charge is -2.17. The Bertz CT molecular complexity index is 781. The van der Waals surface area contributed by atoms with Crippen molar-refractivity contribution < 1.29 is 24.5 Å². The van der Waals surface area contributed by atoms with Gasteiger partial charge in [0.15, 0.2) is 0 Å². The summed E-state index contributed by atoms with van der Waals surface area (Å²) in [5, 5.41) is 19.8. The van der Waals surface area contributed by atoms with Gasteiger partial charge in [-0.3, -0.25) is 4.98 Å². The number of hydrogen-bond acceptors (Lipinski definition) is 5. The molecule has 2 aromatic rings. The Morgan fingerprint density at radius 3 is 2.44 bits per heavy atom. The second-order valence-corrected chi connectivity index (χ2v) is 5.41. The van der Waals surface area contributed by atoms with E-state index in [9.17, 15) is 9.59 Å². The van der Waals surface area contributed by atoms with Crippen LogP contribution in [0.15, 0.2) is 60.8 Å². The van der Waals surface area contributed by atoms with E-state index in [1.807, 2.05) is 50.4 Å². The minimum absolute atomic E-state index is 0.0863. The van der Waals surface area contributed by atoms with E-state index in [4.69, 9.17) is 14.9 Å². The highest BCUT2D eigenvalue weighted by Crippen LogP contribution is 2.25. The molecule has 1 unspecified atom stereocenters. The number of carbonyl (C=O) groups is 2. The van der Waals surface area contributed by atoms with Crippen LogP contribution < -0.4 is 10.1 Å². The molecule has 7 nitrogen and oxygen atoms in total. The second-order valence-electron chi connectivity index (χ2n) is 5.41. The highest BCUT2D eigenvalue weighted by atomic mass is 16.5. The highest BCUT2D eigenvalue weighted by Gasteiger charge is 2.09. The molecule has 2 rings (SSSR count). The number of allylic oxidation sites excluding steroid dienone is 1. The van der Waals surface area contributed by atoms with Crippen LogP contribution in [0.1, 0.15) is 13.3 Å². The number of carboxylic acids is 2. The number of benzene rings is 1. The molecule has 0 amide bonds. The number of hydrogen-bond donors (Lipinski definition) is 3. The Morgan fingerprint density at radius 1 is 1.19 bits per heavy atom. The zero-order valence-corrected chi connectivity index (χ0v) is 15.3. The summed E-state index contributed by atoms with van der Waals surface area (Å²) in [6, 6.07) is 9.97. The van der Waals surface area contributed by atoms with Gasteiger partial charge in [-0.25, -0.2) is 9.59 Å². The van der Waals surface area contributed by atoms with Gasteiger partial charge in [0.1, 0.15) is 11.9 Å². The molecule has 144 valence electrons. The van der Waals surface area contributed by atoms with Gasteiger partial charge < -0.3 is 20.3 Å². The number of nitrogens with one attached hydrogen (secondary N) is 1. The Balaban J connectivity index is 0.000000387. The first-order valence-electron chi connectivity index (χ1n) is 8.39. The molecular weight excluding hydrogens is 348 g/mol. The zero-order valence-electron chi connectivity index (χ0n) is 15.3. The third kappa shape index (κ3) is 8.64. The molecule has 0 fully saturated rings. The number of fused-ring (bicyclic) bond motifs is 1. The Hall–Kier alpha value is -3.19. The molecule has 1 aromatic heterocycles. The van der Waals surface area contributed by atoms with Crippen molar-refractivity contribution in [2.75, 3.05) is 13.6 Å². The van der Waals surface area contributed by atoms with Crippen molar-refractivity contribution in [1.82, 2.24) is 10.3 Å². The Kier molecular flexibility index (Phi) is 9.88. The topological polar surface area (TPSA) is 109 Å². The molecule has 0 saturated carbocycles. The molecule has 0 saturated heterocycles. The number of aliphatic carboxylic acids is 2. The van der Waals surface area contributed by atoms with E-state index in [2.05, 4.69) is 16.4 Å². The Labute approximate surface area is 158 Å². The van der Waals surface area contributed by atoms with E-state index < -0.39 is 11.9 Å². The van der Waals surface area contributed by atoms with Crippen LogP contribution in [0, 0.1) is 0 Å². The lowest BCUT2D eigenvalue weighted by Crippen LogP contribution is -2.20. The number of carboxylic acid groups (broad SMARTS) is 2. The lowest BCUT2D eigenvalue weighted by atomic mass is 10.2. The van der Waals surface area contributed by atoms with Crippen molar-refractivity contribution in [3.63, 3.8) is 0 Å². The van der Waals surface area contributed by atoms with Gasteiger partial charge >= 0.3 is 11.9 Å². The second kappa shape index (κ2) is 12.2. The normalized spacial score (nSPS) is 11.9. The summed E-state index contributed by atoms with van der Waals surface area (Å²) in [6.07, 6.45) is 8.06. The monoisotopic (exact) mass is 372 g/mol. The third-order valence-electron chi connectivity index (χ3n) is 3.34. The number of ether oxygens (including phenoxy) is 1. The molecule has 1 heterocycles. The standard InChI is InChI=1S/C16H20N2O.C4H4O4/c1-3-6-13(9-11-17-2)19-16-10-12-18-15-8-5-4-7-14(15)16;5-3(6)1-2-4(7)8/h3-8,10,12-13,17H,9,11H2,1-2H3;1-2H,(H,5,6)(H,7,8)/b6-3+;2-1+. The molecule has 0 bridgehead atoms. The van der Waals surface area contributed by atoms with Crippen molar-refractivity contribution in [2.24, 2.45) is 0 Å². The van der Waals surface area contributed by atoms with Crippen molar-refractivity contribution >= 4 is 22.8 Å². The van der Waals surface area contributed by atoms with E-state index in [1.54, 1.807) is 6.20 Å². The van der Waals surface area contributed by atoms with E-state index >= 15 is 0 Å². The minimum atomic E-state index is -1.26. The fourth-order valence-corrected chi connectivity index (χ4v) is 2.17. The fourth-order valence-electron chi connectivity index (χ4n) is 2.17. The highest BCUT2D eigenvalue weighted by molar-refractivity contribution is 5.89. The SMILES string of the molecule is C/C=C/C(CCNC)Oc1ccnc2ccccc12.O=C(O)/C=C/C(=O)O. The molecule has 0 spiro atoms. The predicted molar refractivity (Wildman–Crippen MR) is 104 cm³/mol. The molecule has 7 heteroatoms. The van der Waals surface area contributed by atoms with Crippen LogP contribution in [-0.4, -0.2) is 46.8 Å². The molecule has 1 atom stereocenters. The summed E-state index contributed by atoms with van der Waals surface area (Å²) in [4.78, 5) is 23.5. The summed E-state index contributed by atoms with van der Waals surface area (Å²) >= 11 is 0. The maximum absolute atomic E-state index is 9.55. The van der Waals surface area contributed by atoms with Gasteiger partial charge in [0.25, 0.3) is 0 Å². The Morgan fingerprint density at radius 2 is 1.85 bits per heavy atom. The first-order chi connectivity index (χ1) is 13.0. The van der Waals surface area contributed by atoms with Gasteiger partial charge in [-0.2, -0.15) is 0 Å². The molecule has 0 aliphatic carbocycles. The first-order valence-corrected chi connectivity index (χ1v) is 8.39. The smallest absolute Gasteiger partial charge is 0.328 e. The maximum atomic E-state index is 9.55. The summed E-state index contributed by atoms with van der Waals surface area (Å²) in [7, 11) is 1.95.